The number of nitrogens with zero attached hydrogens (tertiary/aromatic N) is 3. The molecule has 1 N–H and O–H groups in total. The average molecular weight is 523 g/mol. The molecule has 0 aliphatic carbocycles. The highest BCUT2D eigenvalue weighted by atomic mass is 19.4. The van der Waals surface area contributed by atoms with Crippen molar-refractivity contribution >= 4 is 17.3 Å². The summed E-state index contributed by atoms with van der Waals surface area (Å²) in [5.41, 5.74) is -4.66. The summed E-state index contributed by atoms with van der Waals surface area (Å²) < 4.78 is 101. The molecule has 0 bridgehead atoms. The number of carbonyl (C=O) groups is 1. The lowest BCUT2D eigenvalue weighted by Gasteiger charge is -2.41. The SMILES string of the molecule is Cc1ccc(C2=NN(C(=O)COc3ccc([N+](=O)[O-])cc3)[C@@](O)(C(F)(F)C(F)(F)C(F)(F)F)C2)cc1. The third-order valence-corrected chi connectivity index (χ3v) is 5.27. The number of benzene rings is 2. The molecule has 0 unspecified atom stereocenters. The van der Waals surface area contributed by atoms with Gasteiger partial charge >= 0.3 is 18.0 Å². The highest BCUT2D eigenvalue weighted by Crippen LogP contribution is 2.54. The first kappa shape index (κ1) is 26.8. The zero-order chi connectivity index (χ0) is 27.1. The fraction of sp³-hybridized carbons (Fsp3) is 0.333. The van der Waals surface area contributed by atoms with E-state index in [1.54, 1.807) is 6.92 Å². The molecule has 0 spiro atoms. The van der Waals surface area contributed by atoms with Gasteiger partial charge in [0.15, 0.2) is 6.61 Å². The Morgan fingerprint density at radius 2 is 1.64 bits per heavy atom. The Bertz CT molecular complexity index is 1180. The maximum atomic E-state index is 14.7. The molecule has 0 aromatic heterocycles. The second kappa shape index (κ2) is 9.04. The van der Waals surface area contributed by atoms with E-state index >= 15 is 0 Å². The van der Waals surface area contributed by atoms with E-state index < -0.39 is 58.3 Å². The molecular formula is C21H16F7N3O5. The van der Waals surface area contributed by atoms with Crippen LogP contribution in [0.5, 0.6) is 5.75 Å². The second-order valence-corrected chi connectivity index (χ2v) is 7.80. The van der Waals surface area contributed by atoms with Crippen LogP contribution in [0.4, 0.5) is 36.4 Å². The van der Waals surface area contributed by atoms with Gasteiger partial charge in [0.2, 0.25) is 5.72 Å². The van der Waals surface area contributed by atoms with Gasteiger partial charge in [0, 0.05) is 18.6 Å². The molecule has 36 heavy (non-hydrogen) atoms. The topological polar surface area (TPSA) is 105 Å². The van der Waals surface area contributed by atoms with Crippen LogP contribution in [0.1, 0.15) is 17.5 Å². The Morgan fingerprint density at radius 1 is 1.08 bits per heavy atom. The number of halogens is 7. The van der Waals surface area contributed by atoms with E-state index in [1.165, 1.54) is 24.3 Å². The predicted molar refractivity (Wildman–Crippen MR) is 109 cm³/mol. The van der Waals surface area contributed by atoms with Crippen molar-refractivity contribution in [1.82, 2.24) is 5.01 Å². The number of aliphatic hydroxyl groups is 1. The minimum absolute atomic E-state index is 0.0169. The van der Waals surface area contributed by atoms with Gasteiger partial charge in [-0.05, 0) is 24.6 Å². The first-order valence-corrected chi connectivity index (χ1v) is 9.91. The van der Waals surface area contributed by atoms with Gasteiger partial charge in [-0.1, -0.05) is 29.8 Å². The number of hydrogen-bond donors (Lipinski definition) is 1. The summed E-state index contributed by atoms with van der Waals surface area (Å²) in [4.78, 5) is 22.6. The second-order valence-electron chi connectivity index (χ2n) is 7.80. The van der Waals surface area contributed by atoms with Gasteiger partial charge in [0.1, 0.15) is 5.75 Å². The number of amides is 1. The van der Waals surface area contributed by atoms with Crippen molar-refractivity contribution in [1.29, 1.82) is 0 Å². The molecule has 1 heterocycles. The summed E-state index contributed by atoms with van der Waals surface area (Å²) in [7, 11) is 0. The zero-order valence-electron chi connectivity index (χ0n) is 18.1. The highest BCUT2D eigenvalue weighted by molar-refractivity contribution is 6.03. The van der Waals surface area contributed by atoms with Crippen LogP contribution in [0.2, 0.25) is 0 Å². The zero-order valence-corrected chi connectivity index (χ0v) is 18.1. The largest absolute Gasteiger partial charge is 0.484 e. The van der Waals surface area contributed by atoms with Crippen LogP contribution in [-0.4, -0.2) is 57.0 Å². The lowest BCUT2D eigenvalue weighted by atomic mass is 9.91. The van der Waals surface area contributed by atoms with Crippen LogP contribution >= 0.6 is 0 Å². The molecule has 0 saturated heterocycles. The van der Waals surface area contributed by atoms with Crippen molar-refractivity contribution in [2.45, 2.75) is 37.1 Å². The molecule has 3 rings (SSSR count). The van der Waals surface area contributed by atoms with Crippen LogP contribution in [0, 0.1) is 17.0 Å². The van der Waals surface area contributed by atoms with E-state index in [4.69, 9.17) is 4.74 Å². The minimum Gasteiger partial charge on any atom is -0.484 e. The van der Waals surface area contributed by atoms with Crippen LogP contribution in [0.15, 0.2) is 53.6 Å². The highest BCUT2D eigenvalue weighted by Gasteiger charge is 2.82. The van der Waals surface area contributed by atoms with Crippen molar-refractivity contribution in [2.24, 2.45) is 5.10 Å². The molecule has 194 valence electrons. The predicted octanol–water partition coefficient (Wildman–Crippen LogP) is 4.44. The Hall–Kier alpha value is -3.75. The number of nitro groups is 1. The summed E-state index contributed by atoms with van der Waals surface area (Å²) in [6.45, 7) is 0.415. The lowest BCUT2D eigenvalue weighted by Crippen LogP contribution is -2.69. The summed E-state index contributed by atoms with van der Waals surface area (Å²) >= 11 is 0. The van der Waals surface area contributed by atoms with Crippen LogP contribution in [-0.2, 0) is 4.79 Å². The van der Waals surface area contributed by atoms with Gasteiger partial charge in [-0.2, -0.15) is 40.8 Å². The molecule has 0 radical (unpaired) electrons. The number of ether oxygens (including phenoxy) is 1. The van der Waals surface area contributed by atoms with Crippen molar-refractivity contribution in [3.8, 4) is 5.75 Å². The molecule has 2 aromatic carbocycles. The number of carbonyl (C=O) groups excluding carboxylic acids is 1. The standard InChI is InChI=1S/C21H16F7N3O5/c1-12-2-4-13(5-3-12)16-10-18(33,19(22,23)20(24,25)21(26,27)28)30(29-16)17(32)11-36-15-8-6-14(7-9-15)31(34)35/h2-9,33H,10-11H2,1H3/t18-/m0/s1. The smallest absolute Gasteiger partial charge is 0.460 e. The van der Waals surface area contributed by atoms with Gasteiger partial charge in [-0.25, -0.2) is 0 Å². The lowest BCUT2D eigenvalue weighted by molar-refractivity contribution is -0.401. The van der Waals surface area contributed by atoms with Crippen molar-refractivity contribution in [2.75, 3.05) is 6.61 Å². The fourth-order valence-electron chi connectivity index (χ4n) is 3.26. The molecule has 8 nitrogen and oxygen atoms in total. The molecule has 1 atom stereocenters. The maximum absolute atomic E-state index is 14.7. The van der Waals surface area contributed by atoms with Gasteiger partial charge in [0.25, 0.3) is 11.6 Å². The molecule has 2 aromatic rings. The van der Waals surface area contributed by atoms with Gasteiger partial charge in [-0.15, -0.1) is 0 Å². The summed E-state index contributed by atoms with van der Waals surface area (Å²) in [6, 6.07) is 9.48. The molecule has 0 saturated carbocycles. The quantitative estimate of drug-likeness (QED) is 0.328. The number of aryl methyl sites for hydroxylation is 1. The fourth-order valence-corrected chi connectivity index (χ4v) is 3.26. The molecule has 0 fully saturated rings. The van der Waals surface area contributed by atoms with Crippen molar-refractivity contribution < 1.29 is 50.3 Å². The Kier molecular flexibility index (Phi) is 6.74. The Balaban J connectivity index is 1.97. The van der Waals surface area contributed by atoms with Crippen LogP contribution in [0.3, 0.4) is 0 Å². The normalized spacial score (nSPS) is 18.7. The monoisotopic (exact) mass is 523 g/mol. The summed E-state index contributed by atoms with van der Waals surface area (Å²) in [5.74, 6) is -14.9. The third-order valence-electron chi connectivity index (χ3n) is 5.27. The third kappa shape index (κ3) is 4.57. The first-order chi connectivity index (χ1) is 16.5. The molecule has 1 aliphatic heterocycles. The molecule has 1 amide bonds. The van der Waals surface area contributed by atoms with Crippen LogP contribution in [0.25, 0.3) is 0 Å². The number of hydrogen-bond acceptors (Lipinski definition) is 6. The van der Waals surface area contributed by atoms with E-state index in [9.17, 15) is 50.7 Å². The molecule has 15 heteroatoms. The van der Waals surface area contributed by atoms with Crippen molar-refractivity contribution in [3.05, 3.63) is 69.8 Å². The number of hydrazone groups is 1. The summed E-state index contributed by atoms with van der Waals surface area (Å²) in [6.07, 6.45) is -8.33. The molecule has 1 aliphatic rings. The first-order valence-electron chi connectivity index (χ1n) is 9.91. The number of alkyl halides is 7. The van der Waals surface area contributed by atoms with Gasteiger partial charge in [0.05, 0.1) is 10.6 Å². The minimum atomic E-state index is -6.77. The van der Waals surface area contributed by atoms with E-state index in [1.807, 2.05) is 0 Å². The van der Waals surface area contributed by atoms with E-state index in [0.717, 1.165) is 24.3 Å². The molecular weight excluding hydrogens is 507 g/mol. The Labute approximate surface area is 197 Å². The number of non-ortho nitro benzene ring substituents is 1. The summed E-state index contributed by atoms with van der Waals surface area (Å²) in [5, 5.41) is 24.1. The van der Waals surface area contributed by atoms with Crippen molar-refractivity contribution in [3.63, 3.8) is 0 Å². The van der Waals surface area contributed by atoms with E-state index in [-0.39, 0.29) is 17.0 Å². The van der Waals surface area contributed by atoms with Gasteiger partial charge < -0.3 is 9.84 Å². The number of nitro benzene ring substituents is 1. The maximum Gasteiger partial charge on any atom is 0.460 e. The average Bonchev–Trinajstić information content (AvgIpc) is 3.16. The Morgan fingerprint density at radius 3 is 2.14 bits per heavy atom. The van der Waals surface area contributed by atoms with E-state index in [2.05, 4.69) is 5.10 Å². The van der Waals surface area contributed by atoms with Crippen LogP contribution < -0.4 is 4.74 Å². The van der Waals surface area contributed by atoms with E-state index in [0.29, 0.717) is 5.56 Å². The van der Waals surface area contributed by atoms with Gasteiger partial charge in [-0.3, -0.25) is 14.9 Å². The number of rotatable bonds is 7.